The van der Waals surface area contributed by atoms with E-state index in [1.54, 1.807) is 0 Å². The van der Waals surface area contributed by atoms with Gasteiger partial charge in [0.1, 0.15) is 0 Å². The van der Waals surface area contributed by atoms with Crippen molar-refractivity contribution < 1.29 is 0 Å². The molecule has 0 N–H and O–H groups in total. The Bertz CT molecular complexity index is 3140. The summed E-state index contributed by atoms with van der Waals surface area (Å²) in [7, 11) is 0. The molecule has 0 amide bonds. The summed E-state index contributed by atoms with van der Waals surface area (Å²) in [5, 5.41) is 3.45. The molecule has 2 aromatic heterocycles. The number of pyridine rings is 1. The van der Waals surface area contributed by atoms with Gasteiger partial charge in [-0.25, -0.2) is 15.0 Å². The Hall–Kier alpha value is -7.49. The van der Waals surface area contributed by atoms with Gasteiger partial charge in [0.15, 0.2) is 5.82 Å². The SMILES string of the molecule is c1ccc(-c2cc(-c3ccccc3)nc(-c3ccc4cc(-c5nc6ccccc6c6c5-c5ccccc5C65c6ccccc6-c6ccccc65)ccc4c3)n2)cc1. The van der Waals surface area contributed by atoms with Gasteiger partial charge in [-0.3, -0.25) is 0 Å². The van der Waals surface area contributed by atoms with Crippen molar-refractivity contribution in [2.45, 2.75) is 5.41 Å². The molecule has 3 nitrogen and oxygen atoms in total. The van der Waals surface area contributed by atoms with Crippen molar-refractivity contribution in [1.82, 2.24) is 15.0 Å². The fourth-order valence-electron chi connectivity index (χ4n) is 9.65. The van der Waals surface area contributed by atoms with Gasteiger partial charge in [0.25, 0.3) is 0 Å². The number of benzene rings is 8. The Kier molecular flexibility index (Phi) is 6.84. The second kappa shape index (κ2) is 12.3. The molecule has 3 heteroatoms. The third kappa shape index (κ3) is 4.63. The van der Waals surface area contributed by atoms with Crippen LogP contribution in [0.5, 0.6) is 0 Å². The predicted octanol–water partition coefficient (Wildman–Crippen LogP) is 13.2. The van der Waals surface area contributed by atoms with E-state index in [1.165, 1.54) is 49.9 Å². The zero-order chi connectivity index (χ0) is 37.5. The van der Waals surface area contributed by atoms with Gasteiger partial charge in [-0.2, -0.15) is 0 Å². The molecule has 0 saturated heterocycles. The maximum absolute atomic E-state index is 5.51. The van der Waals surface area contributed by atoms with E-state index in [4.69, 9.17) is 15.0 Å². The summed E-state index contributed by atoms with van der Waals surface area (Å²) in [5.74, 6) is 0.703. The molecule has 12 rings (SSSR count). The number of hydrogen-bond donors (Lipinski definition) is 0. The number of rotatable bonds is 4. The molecule has 0 radical (unpaired) electrons. The molecular weight excluding hydrogens is 691 g/mol. The van der Waals surface area contributed by atoms with Crippen molar-refractivity contribution in [3.05, 3.63) is 222 Å². The highest BCUT2D eigenvalue weighted by molar-refractivity contribution is 6.07. The standard InChI is InChI=1S/C54H33N3/c1-3-15-34(16-4-1)48-33-49(35-17-5-2-6-18-35)57-53(56-48)39-30-28-36-31-38(29-27-37(36)32-39)52-50-42-21-9-13-25-46(42)54(51(50)43-22-10-14-26-47(43)55-52)44-23-11-7-19-40(44)41-20-8-12-24-45(41)54/h1-33H. The molecular formula is C54H33N3. The van der Waals surface area contributed by atoms with Crippen LogP contribution in [-0.4, -0.2) is 15.0 Å². The molecule has 0 fully saturated rings. The first kappa shape index (κ1) is 31.8. The van der Waals surface area contributed by atoms with Crippen molar-refractivity contribution in [3.8, 4) is 67.4 Å². The number of para-hydroxylation sites is 1. The normalized spacial score (nSPS) is 13.1. The molecule has 0 bridgehead atoms. The van der Waals surface area contributed by atoms with Crippen molar-refractivity contribution in [2.75, 3.05) is 0 Å². The van der Waals surface area contributed by atoms with Crippen LogP contribution in [0.4, 0.5) is 0 Å². The average molecular weight is 724 g/mol. The van der Waals surface area contributed by atoms with Crippen LogP contribution in [0.3, 0.4) is 0 Å². The van der Waals surface area contributed by atoms with Gasteiger partial charge < -0.3 is 0 Å². The van der Waals surface area contributed by atoms with E-state index in [1.807, 2.05) is 12.1 Å². The highest BCUT2D eigenvalue weighted by Gasteiger charge is 2.53. The van der Waals surface area contributed by atoms with Crippen LogP contribution in [0.2, 0.25) is 0 Å². The lowest BCUT2D eigenvalue weighted by Crippen LogP contribution is -2.26. The minimum Gasteiger partial charge on any atom is -0.247 e. The second-order valence-corrected chi connectivity index (χ2v) is 15.1. The Morgan fingerprint density at radius 1 is 0.351 bits per heavy atom. The summed E-state index contributed by atoms with van der Waals surface area (Å²) in [5.41, 5.74) is 17.9. The van der Waals surface area contributed by atoms with Crippen LogP contribution in [0.1, 0.15) is 22.3 Å². The van der Waals surface area contributed by atoms with E-state index in [0.29, 0.717) is 5.82 Å². The highest BCUT2D eigenvalue weighted by atomic mass is 14.9. The quantitative estimate of drug-likeness (QED) is 0.181. The molecule has 264 valence electrons. The van der Waals surface area contributed by atoms with Gasteiger partial charge in [0, 0.05) is 33.2 Å². The summed E-state index contributed by atoms with van der Waals surface area (Å²) >= 11 is 0. The van der Waals surface area contributed by atoms with Crippen molar-refractivity contribution in [2.24, 2.45) is 0 Å². The lowest BCUT2D eigenvalue weighted by Gasteiger charge is -2.31. The van der Waals surface area contributed by atoms with Gasteiger partial charge in [-0.05, 0) is 74.0 Å². The zero-order valence-corrected chi connectivity index (χ0v) is 30.9. The molecule has 10 aromatic rings. The van der Waals surface area contributed by atoms with Gasteiger partial charge >= 0.3 is 0 Å². The monoisotopic (exact) mass is 723 g/mol. The number of nitrogens with zero attached hydrogens (tertiary/aromatic N) is 3. The smallest absolute Gasteiger partial charge is 0.160 e. The van der Waals surface area contributed by atoms with Crippen LogP contribution >= 0.6 is 0 Å². The van der Waals surface area contributed by atoms with Crippen molar-refractivity contribution in [3.63, 3.8) is 0 Å². The van der Waals surface area contributed by atoms with Crippen LogP contribution in [0.25, 0.3) is 89.1 Å². The summed E-state index contributed by atoms with van der Waals surface area (Å²) < 4.78 is 0. The molecule has 2 heterocycles. The van der Waals surface area contributed by atoms with E-state index in [9.17, 15) is 0 Å². The maximum atomic E-state index is 5.51. The first-order valence-electron chi connectivity index (χ1n) is 19.5. The van der Waals surface area contributed by atoms with E-state index in [0.717, 1.165) is 55.6 Å². The van der Waals surface area contributed by atoms with Crippen LogP contribution in [0, 0.1) is 0 Å². The number of fused-ring (bicyclic) bond motifs is 13. The Morgan fingerprint density at radius 3 is 1.47 bits per heavy atom. The average Bonchev–Trinajstić information content (AvgIpc) is 3.77. The molecule has 1 spiro atoms. The first-order valence-corrected chi connectivity index (χ1v) is 19.5. The molecule has 2 aliphatic carbocycles. The first-order chi connectivity index (χ1) is 28.3. The molecule has 57 heavy (non-hydrogen) atoms. The van der Waals surface area contributed by atoms with Crippen molar-refractivity contribution in [1.29, 1.82) is 0 Å². The van der Waals surface area contributed by atoms with Gasteiger partial charge in [-0.15, -0.1) is 0 Å². The molecule has 0 aliphatic heterocycles. The van der Waals surface area contributed by atoms with Crippen LogP contribution in [-0.2, 0) is 5.41 Å². The summed E-state index contributed by atoms with van der Waals surface area (Å²) in [6, 6.07) is 71.8. The van der Waals surface area contributed by atoms with E-state index < -0.39 is 5.41 Å². The van der Waals surface area contributed by atoms with Crippen LogP contribution in [0.15, 0.2) is 200 Å². The molecule has 2 aliphatic rings. The Balaban J connectivity index is 1.06. The lowest BCUT2D eigenvalue weighted by atomic mass is 9.69. The third-order valence-corrected chi connectivity index (χ3v) is 12.1. The molecule has 0 saturated carbocycles. The topological polar surface area (TPSA) is 38.7 Å². The van der Waals surface area contributed by atoms with E-state index in [2.05, 4.69) is 188 Å². The van der Waals surface area contributed by atoms with Gasteiger partial charge in [0.05, 0.1) is 28.0 Å². The van der Waals surface area contributed by atoms with E-state index in [-0.39, 0.29) is 0 Å². The summed E-state index contributed by atoms with van der Waals surface area (Å²) in [6.07, 6.45) is 0. The second-order valence-electron chi connectivity index (χ2n) is 15.1. The van der Waals surface area contributed by atoms with Gasteiger partial charge in [0.2, 0.25) is 0 Å². The number of aromatic nitrogens is 3. The zero-order valence-electron chi connectivity index (χ0n) is 30.9. The number of hydrogen-bond acceptors (Lipinski definition) is 3. The molecule has 0 atom stereocenters. The largest absolute Gasteiger partial charge is 0.247 e. The van der Waals surface area contributed by atoms with Crippen LogP contribution < -0.4 is 0 Å². The fourth-order valence-corrected chi connectivity index (χ4v) is 9.65. The Labute approximate surface area is 330 Å². The minimum absolute atomic E-state index is 0.463. The summed E-state index contributed by atoms with van der Waals surface area (Å²) in [6.45, 7) is 0. The predicted molar refractivity (Wildman–Crippen MR) is 233 cm³/mol. The van der Waals surface area contributed by atoms with Gasteiger partial charge in [-0.1, -0.05) is 176 Å². The third-order valence-electron chi connectivity index (χ3n) is 12.1. The Morgan fingerprint density at radius 2 is 0.842 bits per heavy atom. The van der Waals surface area contributed by atoms with Crippen molar-refractivity contribution >= 4 is 21.7 Å². The molecule has 8 aromatic carbocycles. The van der Waals surface area contributed by atoms with E-state index >= 15 is 0 Å². The highest BCUT2D eigenvalue weighted by Crippen LogP contribution is 2.65. The lowest BCUT2D eigenvalue weighted by molar-refractivity contribution is 0.801. The fraction of sp³-hybridized carbons (Fsp3) is 0.0185. The minimum atomic E-state index is -0.463. The molecule has 0 unspecified atom stereocenters. The maximum Gasteiger partial charge on any atom is 0.160 e. The summed E-state index contributed by atoms with van der Waals surface area (Å²) in [4.78, 5) is 15.7.